The van der Waals surface area contributed by atoms with Crippen LogP contribution in [0.25, 0.3) is 0 Å². The van der Waals surface area contributed by atoms with Gasteiger partial charge in [0, 0.05) is 26.2 Å². The second-order valence-electron chi connectivity index (χ2n) is 7.57. The third-order valence-electron chi connectivity index (χ3n) is 5.80. The molecule has 11 nitrogen and oxygen atoms in total. The number of likely N-dealkylation sites (tertiary alicyclic amines) is 1. The zero-order valence-corrected chi connectivity index (χ0v) is 15.5. The number of rotatable bonds is 0. The Kier molecular flexibility index (Phi) is 4.46. The van der Waals surface area contributed by atoms with Gasteiger partial charge in [0.15, 0.2) is 5.60 Å². The fraction of sp³-hybridized carbons (Fsp3) is 0.765. The monoisotopic (exact) mass is 397 g/mol. The number of esters is 3. The molecule has 2 amide bonds. The molecule has 1 spiro atoms. The Morgan fingerprint density at radius 2 is 1.86 bits per heavy atom. The number of piperazine rings is 1. The second kappa shape index (κ2) is 6.59. The number of aliphatic hydroxyl groups is 1. The van der Waals surface area contributed by atoms with Gasteiger partial charge in [0.2, 0.25) is 0 Å². The van der Waals surface area contributed by atoms with Crippen LogP contribution in [0.3, 0.4) is 0 Å². The number of nitrogens with one attached hydrogen (secondary N) is 1. The second-order valence-corrected chi connectivity index (χ2v) is 7.57. The van der Waals surface area contributed by atoms with Gasteiger partial charge in [-0.25, -0.2) is 14.5 Å². The summed E-state index contributed by atoms with van der Waals surface area (Å²) < 4.78 is 16.2. The van der Waals surface area contributed by atoms with E-state index in [0.29, 0.717) is 13.1 Å². The van der Waals surface area contributed by atoms with Crippen molar-refractivity contribution in [1.82, 2.24) is 15.1 Å². The maximum atomic E-state index is 13.2. The Morgan fingerprint density at radius 3 is 2.57 bits per heavy atom. The van der Waals surface area contributed by atoms with Crippen LogP contribution in [0.4, 0.5) is 4.79 Å². The Bertz CT molecular complexity index is 723. The molecule has 0 aromatic rings. The molecule has 0 aromatic heterocycles. The fourth-order valence-electron chi connectivity index (χ4n) is 4.02. The van der Waals surface area contributed by atoms with Crippen LogP contribution in [0.2, 0.25) is 0 Å². The summed E-state index contributed by atoms with van der Waals surface area (Å²) in [4.78, 5) is 53.6. The average Bonchev–Trinajstić information content (AvgIpc) is 2.71. The summed E-state index contributed by atoms with van der Waals surface area (Å²) in [5.74, 6) is -6.75. The summed E-state index contributed by atoms with van der Waals surface area (Å²) >= 11 is 0. The molecule has 28 heavy (non-hydrogen) atoms. The molecule has 0 radical (unpaired) electrons. The van der Waals surface area contributed by atoms with E-state index in [9.17, 15) is 24.3 Å². The summed E-state index contributed by atoms with van der Waals surface area (Å²) in [7, 11) is 0. The van der Waals surface area contributed by atoms with Gasteiger partial charge in [-0.05, 0) is 26.2 Å². The quantitative estimate of drug-likeness (QED) is 0.488. The summed E-state index contributed by atoms with van der Waals surface area (Å²) in [6.45, 7) is 2.59. The highest BCUT2D eigenvalue weighted by Gasteiger charge is 2.67. The molecule has 4 rings (SSSR count). The van der Waals surface area contributed by atoms with Crippen LogP contribution in [0.15, 0.2) is 0 Å². The Hall–Kier alpha value is -2.40. The van der Waals surface area contributed by atoms with Crippen LogP contribution in [0.1, 0.15) is 32.6 Å². The number of fused-ring (bicyclic) bond motifs is 2. The van der Waals surface area contributed by atoms with Crippen molar-refractivity contribution in [3.63, 3.8) is 0 Å². The van der Waals surface area contributed by atoms with Crippen molar-refractivity contribution in [3.8, 4) is 0 Å². The molecule has 0 aliphatic carbocycles. The zero-order chi connectivity index (χ0) is 20.1. The van der Waals surface area contributed by atoms with Crippen molar-refractivity contribution in [2.45, 2.75) is 50.3 Å². The Morgan fingerprint density at radius 1 is 1.14 bits per heavy atom. The van der Waals surface area contributed by atoms with Gasteiger partial charge in [-0.1, -0.05) is 0 Å². The number of urea groups is 1. The van der Waals surface area contributed by atoms with Gasteiger partial charge in [0.25, 0.3) is 6.23 Å². The molecule has 154 valence electrons. The lowest BCUT2D eigenvalue weighted by atomic mass is 9.86. The molecule has 2 N–H and O–H groups in total. The van der Waals surface area contributed by atoms with Crippen LogP contribution in [-0.2, 0) is 28.6 Å². The predicted molar refractivity (Wildman–Crippen MR) is 89.1 cm³/mol. The third kappa shape index (κ3) is 2.72. The maximum absolute atomic E-state index is 13.2. The molecule has 4 unspecified atom stereocenters. The molecule has 4 aliphatic heterocycles. The van der Waals surface area contributed by atoms with Crippen molar-refractivity contribution in [2.24, 2.45) is 5.92 Å². The van der Waals surface area contributed by atoms with Crippen molar-refractivity contribution in [3.05, 3.63) is 0 Å². The lowest BCUT2D eigenvalue weighted by molar-refractivity contribution is -0.329. The van der Waals surface area contributed by atoms with E-state index < -0.39 is 54.0 Å². The molecule has 2 bridgehead atoms. The molecular formula is C17H23N3O8. The number of piperidine rings is 1. The number of carbonyl (C=O) groups excluding carboxylic acids is 4. The molecule has 0 saturated carbocycles. The predicted octanol–water partition coefficient (Wildman–Crippen LogP) is -1.11. The summed E-state index contributed by atoms with van der Waals surface area (Å²) in [5.41, 5.74) is -2.43. The van der Waals surface area contributed by atoms with Gasteiger partial charge in [-0.2, -0.15) is 0 Å². The maximum Gasteiger partial charge on any atom is 0.400 e. The minimum Gasteiger partial charge on any atom is -0.435 e. The van der Waals surface area contributed by atoms with E-state index in [1.165, 1.54) is 6.92 Å². The molecule has 4 saturated heterocycles. The van der Waals surface area contributed by atoms with Crippen molar-refractivity contribution in [1.29, 1.82) is 0 Å². The van der Waals surface area contributed by atoms with E-state index in [4.69, 9.17) is 14.2 Å². The Balaban J connectivity index is 1.78. The Labute approximate surface area is 160 Å². The molecule has 4 atom stereocenters. The van der Waals surface area contributed by atoms with Crippen molar-refractivity contribution < 1.29 is 38.5 Å². The fourth-order valence-corrected chi connectivity index (χ4v) is 4.02. The zero-order valence-electron chi connectivity index (χ0n) is 15.5. The van der Waals surface area contributed by atoms with Crippen LogP contribution in [0, 0.1) is 5.92 Å². The van der Waals surface area contributed by atoms with Gasteiger partial charge >= 0.3 is 29.9 Å². The van der Waals surface area contributed by atoms with Crippen LogP contribution in [-0.4, -0.2) is 82.8 Å². The number of hydrogen-bond acceptors (Lipinski definition) is 9. The van der Waals surface area contributed by atoms with E-state index in [1.807, 2.05) is 0 Å². The van der Waals surface area contributed by atoms with E-state index in [1.54, 1.807) is 4.90 Å². The van der Waals surface area contributed by atoms with E-state index in [2.05, 4.69) is 5.32 Å². The lowest BCUT2D eigenvalue weighted by Crippen LogP contribution is -2.74. The molecular weight excluding hydrogens is 374 g/mol. The first-order valence-corrected chi connectivity index (χ1v) is 9.46. The van der Waals surface area contributed by atoms with Crippen molar-refractivity contribution in [2.75, 3.05) is 26.2 Å². The molecule has 4 fully saturated rings. The number of carbonyl (C=O) groups is 4. The standard InChI is InChI=1S/C17H23N3O8/c1-10-12(22)27-17-13(26-11(21)9-16(10,25)14(23)28-17)18-5-8-20(17)15(24)19-6-3-2-4-7-19/h10,13,18,25H,2-9H2,1H3. The number of hydrogen-bond donors (Lipinski definition) is 2. The molecule has 11 heteroatoms. The highest BCUT2D eigenvalue weighted by molar-refractivity contribution is 5.93. The van der Waals surface area contributed by atoms with Gasteiger partial charge in [0.1, 0.15) is 0 Å². The smallest absolute Gasteiger partial charge is 0.400 e. The van der Waals surface area contributed by atoms with Gasteiger partial charge in [-0.15, -0.1) is 0 Å². The van der Waals surface area contributed by atoms with Crippen LogP contribution in [0.5, 0.6) is 0 Å². The highest BCUT2D eigenvalue weighted by atomic mass is 16.8. The minimum absolute atomic E-state index is 0.0523. The first-order chi connectivity index (χ1) is 13.3. The first-order valence-electron chi connectivity index (χ1n) is 9.46. The highest BCUT2D eigenvalue weighted by Crippen LogP contribution is 2.40. The normalized spacial score (nSPS) is 38.4. The molecule has 0 aromatic carbocycles. The average molecular weight is 397 g/mol. The number of nitrogens with zero attached hydrogens (tertiary/aromatic N) is 2. The van der Waals surface area contributed by atoms with Crippen LogP contribution < -0.4 is 5.32 Å². The van der Waals surface area contributed by atoms with Gasteiger partial charge in [-0.3, -0.25) is 14.9 Å². The third-order valence-corrected chi connectivity index (χ3v) is 5.80. The van der Waals surface area contributed by atoms with E-state index >= 15 is 0 Å². The lowest BCUT2D eigenvalue weighted by Gasteiger charge is -2.49. The van der Waals surface area contributed by atoms with E-state index in [0.717, 1.165) is 24.2 Å². The summed E-state index contributed by atoms with van der Waals surface area (Å²) in [6.07, 6.45) is 0.520. The van der Waals surface area contributed by atoms with Gasteiger partial charge in [0.05, 0.1) is 12.3 Å². The van der Waals surface area contributed by atoms with Crippen molar-refractivity contribution >= 4 is 23.9 Å². The minimum atomic E-state index is -2.43. The number of ether oxygens (including phenoxy) is 3. The topological polar surface area (TPSA) is 135 Å². The summed E-state index contributed by atoms with van der Waals surface area (Å²) in [5, 5.41) is 13.6. The molecule has 4 heterocycles. The number of amides is 2. The first kappa shape index (κ1) is 18.9. The van der Waals surface area contributed by atoms with Gasteiger partial charge < -0.3 is 24.2 Å². The largest absolute Gasteiger partial charge is 0.435 e. The summed E-state index contributed by atoms with van der Waals surface area (Å²) in [6, 6.07) is -0.485. The van der Waals surface area contributed by atoms with Crippen LogP contribution >= 0.6 is 0 Å². The van der Waals surface area contributed by atoms with E-state index in [-0.39, 0.29) is 13.1 Å². The SMILES string of the molecule is CC1C(=O)OC23OC(=O)C1(O)CC(=O)OC2NCCN3C(=O)N1CCCCC1. The molecule has 4 aliphatic rings.